The van der Waals surface area contributed by atoms with Crippen molar-refractivity contribution < 1.29 is 22.8 Å². The molecule has 5 N–H and O–H groups in total. The molecule has 1 aromatic carbocycles. The molecule has 1 aromatic heterocycles. The normalized spacial score (nSPS) is 15.8. The molecule has 1 amide bonds. The molecular weight excluding hydrogens is 503 g/mol. The van der Waals surface area contributed by atoms with Gasteiger partial charge in [-0.05, 0) is 37.1 Å². The quantitative estimate of drug-likeness (QED) is 0.131. The Hall–Kier alpha value is -4.22. The Balaban J connectivity index is 2.00. The number of aromatic nitrogens is 2. The Morgan fingerprint density at radius 2 is 2.17 bits per heavy atom. The van der Waals surface area contributed by atoms with Gasteiger partial charge in [0.2, 0.25) is 5.84 Å². The summed E-state index contributed by atoms with van der Waals surface area (Å²) < 4.78 is 39.1. The minimum Gasteiger partial charge on any atom is -0.378 e. The van der Waals surface area contributed by atoms with Crippen molar-refractivity contribution in [2.75, 3.05) is 5.32 Å². The number of hydrogen-bond donors (Lipinski definition) is 3. The lowest BCUT2D eigenvalue weighted by Crippen LogP contribution is -2.36. The van der Waals surface area contributed by atoms with Crippen molar-refractivity contribution in [1.82, 2.24) is 14.9 Å². The van der Waals surface area contributed by atoms with Gasteiger partial charge in [-0.3, -0.25) is 9.59 Å². The van der Waals surface area contributed by atoms with E-state index in [0.717, 1.165) is 4.68 Å². The van der Waals surface area contributed by atoms with Crippen LogP contribution < -0.4 is 16.9 Å². The third-order valence-electron chi connectivity index (χ3n) is 4.86. The highest BCUT2D eigenvalue weighted by molar-refractivity contribution is 6.32. The van der Waals surface area contributed by atoms with Crippen LogP contribution in [0.2, 0.25) is 0 Å². The van der Waals surface area contributed by atoms with Crippen LogP contribution in [0.3, 0.4) is 0 Å². The number of hydrazone groups is 1. The fourth-order valence-electron chi connectivity index (χ4n) is 3.24. The number of amides is 1. The first-order chi connectivity index (χ1) is 16.9. The highest BCUT2D eigenvalue weighted by atomic mass is 35.5. The first-order valence-corrected chi connectivity index (χ1v) is 10.6. The number of allylic oxidation sites excluding steroid dienone is 1. The number of halogens is 4. The SMILES string of the molecule is Cc1cc(C#N)cc(C=O)c1NC(=O)c1cc(CN(N)/N=C(\N)C(F)(F)F)nn1C1=NC=CCC1Cl. The van der Waals surface area contributed by atoms with Crippen LogP contribution in [-0.4, -0.2) is 50.3 Å². The number of nitriles is 1. The zero-order valence-corrected chi connectivity index (χ0v) is 19.4. The van der Waals surface area contributed by atoms with Crippen molar-refractivity contribution in [3.05, 3.63) is 58.6 Å². The van der Waals surface area contributed by atoms with E-state index in [0.29, 0.717) is 23.4 Å². The van der Waals surface area contributed by atoms with Crippen molar-refractivity contribution in [2.24, 2.45) is 21.7 Å². The zero-order valence-electron chi connectivity index (χ0n) is 18.6. The van der Waals surface area contributed by atoms with Crippen molar-refractivity contribution >= 4 is 41.2 Å². The van der Waals surface area contributed by atoms with Crippen molar-refractivity contribution in [3.8, 4) is 6.07 Å². The van der Waals surface area contributed by atoms with Gasteiger partial charge in [0.05, 0.1) is 34.9 Å². The Bertz CT molecular complexity index is 1330. The molecule has 0 bridgehead atoms. The van der Waals surface area contributed by atoms with Crippen molar-refractivity contribution in [2.45, 2.75) is 31.4 Å². The number of rotatable bonds is 6. The molecule has 0 aliphatic carbocycles. The number of nitrogens with zero attached hydrogens (tertiary/aromatic N) is 6. The van der Waals surface area contributed by atoms with Crippen LogP contribution in [-0.2, 0) is 6.54 Å². The lowest BCUT2D eigenvalue weighted by atomic mass is 10.0. The summed E-state index contributed by atoms with van der Waals surface area (Å²) in [5.74, 6) is 3.33. The standard InChI is InChI=1S/C21H19ClF3N9O2/c1-11-5-12(8-26)6-13(10-35)17(11)30-19(36)16-7-14(9-33(28)32-20(27)21(23,24)25)31-34(16)18-15(22)3-2-4-29-18/h2,4-7,10,15H,3,9,28H2,1H3,(H2,27,32)(H,30,36). The molecule has 0 spiro atoms. The molecule has 1 aliphatic heterocycles. The number of nitrogens with one attached hydrogen (secondary N) is 1. The summed E-state index contributed by atoms with van der Waals surface area (Å²) in [6.07, 6.45) is -0.831. The second-order valence-electron chi connectivity index (χ2n) is 7.53. The maximum absolute atomic E-state index is 13.3. The summed E-state index contributed by atoms with van der Waals surface area (Å²) in [6, 6.07) is 6.00. The number of hydrogen-bond acceptors (Lipinski definition) is 8. The topological polar surface area (TPSA) is 168 Å². The van der Waals surface area contributed by atoms with E-state index in [4.69, 9.17) is 28.4 Å². The Morgan fingerprint density at radius 1 is 1.44 bits per heavy atom. The van der Waals surface area contributed by atoms with Gasteiger partial charge < -0.3 is 11.1 Å². The van der Waals surface area contributed by atoms with Crippen molar-refractivity contribution in [3.63, 3.8) is 0 Å². The van der Waals surface area contributed by atoms with Crippen LogP contribution in [0.4, 0.5) is 18.9 Å². The molecule has 2 heterocycles. The highest BCUT2D eigenvalue weighted by Gasteiger charge is 2.34. The van der Waals surface area contributed by atoms with Crippen molar-refractivity contribution in [1.29, 1.82) is 5.26 Å². The number of anilines is 1. The van der Waals surface area contributed by atoms with E-state index in [1.807, 2.05) is 6.07 Å². The summed E-state index contributed by atoms with van der Waals surface area (Å²) in [4.78, 5) is 29.0. The second kappa shape index (κ2) is 10.6. The van der Waals surface area contributed by atoms with E-state index in [1.54, 1.807) is 13.0 Å². The molecule has 2 aromatic rings. The monoisotopic (exact) mass is 521 g/mol. The molecule has 36 heavy (non-hydrogen) atoms. The summed E-state index contributed by atoms with van der Waals surface area (Å²) >= 11 is 6.34. The van der Waals surface area contributed by atoms with Gasteiger partial charge in [-0.15, -0.1) is 16.7 Å². The van der Waals surface area contributed by atoms with Gasteiger partial charge in [0.1, 0.15) is 11.5 Å². The molecule has 0 saturated carbocycles. The average molecular weight is 522 g/mol. The van der Waals surface area contributed by atoms with E-state index in [1.165, 1.54) is 24.4 Å². The molecule has 188 valence electrons. The lowest BCUT2D eigenvalue weighted by Gasteiger charge is -2.17. The smallest absolute Gasteiger partial charge is 0.378 e. The fraction of sp³-hybridized carbons (Fsp3) is 0.238. The Labute approximate surface area is 207 Å². The van der Waals surface area contributed by atoms with Gasteiger partial charge in [-0.1, -0.05) is 6.08 Å². The number of carbonyl (C=O) groups excluding carboxylic acids is 2. The van der Waals surface area contributed by atoms with Crippen LogP contribution in [0.1, 0.15) is 44.1 Å². The van der Waals surface area contributed by atoms with E-state index < -0.39 is 29.8 Å². The number of carbonyl (C=O) groups is 2. The first kappa shape index (κ1) is 26.4. The number of alkyl halides is 4. The summed E-state index contributed by atoms with van der Waals surface area (Å²) in [5, 5.41) is 18.8. The highest BCUT2D eigenvalue weighted by Crippen LogP contribution is 2.23. The van der Waals surface area contributed by atoms with E-state index >= 15 is 0 Å². The van der Waals surface area contributed by atoms with Crippen LogP contribution in [0.15, 0.2) is 40.6 Å². The molecule has 1 unspecified atom stereocenters. The lowest BCUT2D eigenvalue weighted by molar-refractivity contribution is -0.0615. The summed E-state index contributed by atoms with van der Waals surface area (Å²) in [6.45, 7) is 1.15. The molecule has 1 atom stereocenters. The Morgan fingerprint density at radius 3 is 2.78 bits per heavy atom. The first-order valence-electron chi connectivity index (χ1n) is 10.2. The largest absolute Gasteiger partial charge is 0.450 e. The minimum absolute atomic E-state index is 0.0506. The number of benzene rings is 1. The number of hydrazine groups is 1. The number of amidine groups is 1. The summed E-state index contributed by atoms with van der Waals surface area (Å²) in [5.41, 5.74) is 5.78. The molecule has 15 heteroatoms. The van der Waals surface area contributed by atoms with Gasteiger partial charge in [-0.25, -0.2) is 20.6 Å². The van der Waals surface area contributed by atoms with Crippen LogP contribution >= 0.6 is 11.6 Å². The average Bonchev–Trinajstić information content (AvgIpc) is 3.23. The van der Waals surface area contributed by atoms with E-state index in [-0.39, 0.29) is 34.0 Å². The maximum Gasteiger partial charge on any atom is 0.450 e. The Kier molecular flexibility index (Phi) is 7.76. The summed E-state index contributed by atoms with van der Waals surface area (Å²) in [7, 11) is 0. The molecule has 1 aliphatic rings. The molecule has 0 fully saturated rings. The predicted molar refractivity (Wildman–Crippen MR) is 125 cm³/mol. The molecule has 0 radical (unpaired) electrons. The molecule has 11 nitrogen and oxygen atoms in total. The zero-order chi connectivity index (χ0) is 26.6. The fourth-order valence-corrected chi connectivity index (χ4v) is 3.50. The number of aliphatic imine (C=N–C) groups is 1. The van der Waals surface area contributed by atoms with Gasteiger partial charge in [0, 0.05) is 11.8 Å². The van der Waals surface area contributed by atoms with Gasteiger partial charge in [0.15, 0.2) is 6.29 Å². The molecule has 3 rings (SSSR count). The van der Waals surface area contributed by atoms with Gasteiger partial charge >= 0.3 is 6.18 Å². The number of aryl methyl sites for hydroxylation is 1. The van der Waals surface area contributed by atoms with Crippen LogP contribution in [0, 0.1) is 18.3 Å². The molecular formula is C21H19ClF3N9O2. The number of aldehydes is 1. The minimum atomic E-state index is -4.88. The molecule has 0 saturated heterocycles. The van der Waals surface area contributed by atoms with Crippen LogP contribution in [0.25, 0.3) is 0 Å². The van der Waals surface area contributed by atoms with Crippen LogP contribution in [0.5, 0.6) is 0 Å². The van der Waals surface area contributed by atoms with E-state index in [2.05, 4.69) is 20.5 Å². The van der Waals surface area contributed by atoms with E-state index in [9.17, 15) is 22.8 Å². The third-order valence-corrected chi connectivity index (χ3v) is 5.23. The van der Waals surface area contributed by atoms with Gasteiger partial charge in [0.25, 0.3) is 5.91 Å². The van der Waals surface area contributed by atoms with Gasteiger partial charge in [-0.2, -0.15) is 23.5 Å². The second-order valence-corrected chi connectivity index (χ2v) is 8.06. The predicted octanol–water partition coefficient (Wildman–Crippen LogP) is 2.41. The maximum atomic E-state index is 13.3. The number of nitrogens with two attached hydrogens (primary N) is 2. The third kappa shape index (κ3) is 5.88.